The summed E-state index contributed by atoms with van der Waals surface area (Å²) in [4.78, 5) is 8.81. The van der Waals surface area contributed by atoms with Gasteiger partial charge in [-0.3, -0.25) is 0 Å². The molecule has 5 nitrogen and oxygen atoms in total. The predicted molar refractivity (Wildman–Crippen MR) is 72.9 cm³/mol. The van der Waals surface area contributed by atoms with Crippen molar-refractivity contribution in [2.24, 2.45) is 0 Å². The van der Waals surface area contributed by atoms with E-state index in [0.29, 0.717) is 12.1 Å². The van der Waals surface area contributed by atoms with Gasteiger partial charge in [0.1, 0.15) is 5.69 Å². The van der Waals surface area contributed by atoms with E-state index < -0.39 is 0 Å². The second-order valence-corrected chi connectivity index (χ2v) is 5.28. The summed E-state index contributed by atoms with van der Waals surface area (Å²) in [5.74, 6) is 1.01. The monoisotopic (exact) mass is 260 g/mol. The molecule has 1 aliphatic heterocycles. The van der Waals surface area contributed by atoms with E-state index in [0.717, 1.165) is 37.6 Å². The first kappa shape index (κ1) is 12.4. The van der Waals surface area contributed by atoms with Gasteiger partial charge in [0, 0.05) is 37.7 Å². The molecule has 2 aromatic heterocycles. The van der Waals surface area contributed by atoms with Gasteiger partial charge in [-0.1, -0.05) is 0 Å². The summed E-state index contributed by atoms with van der Waals surface area (Å²) in [6, 6.07) is 0.874. The van der Waals surface area contributed by atoms with E-state index in [1.54, 1.807) is 0 Å². The minimum absolute atomic E-state index is 0.386. The van der Waals surface area contributed by atoms with Crippen LogP contribution in [0, 0.1) is 0 Å². The molecule has 0 spiro atoms. The summed E-state index contributed by atoms with van der Waals surface area (Å²) < 4.78 is 9.88. The molecule has 2 aromatic rings. The lowest BCUT2D eigenvalue weighted by molar-refractivity contribution is 0.0699. The maximum atomic E-state index is 5.44. The van der Waals surface area contributed by atoms with Gasteiger partial charge in [-0.25, -0.2) is 9.97 Å². The summed E-state index contributed by atoms with van der Waals surface area (Å²) in [6.45, 7) is 6.00. The molecule has 0 saturated carbocycles. The van der Waals surface area contributed by atoms with Crippen LogP contribution >= 0.6 is 0 Å². The Bertz CT molecular complexity index is 537. The summed E-state index contributed by atoms with van der Waals surface area (Å²) in [6.07, 6.45) is 9.84. The van der Waals surface area contributed by atoms with Crippen LogP contribution in [-0.2, 0) is 4.74 Å². The number of rotatable bonds is 3. The fourth-order valence-corrected chi connectivity index (χ4v) is 2.66. The average molecular weight is 260 g/mol. The number of hydrogen-bond acceptors (Lipinski definition) is 3. The lowest BCUT2D eigenvalue weighted by Crippen LogP contribution is -2.20. The average Bonchev–Trinajstić information content (AvgIpc) is 3.08. The molecule has 0 aromatic carbocycles. The van der Waals surface area contributed by atoms with Crippen LogP contribution in [-0.4, -0.2) is 32.3 Å². The van der Waals surface area contributed by atoms with Crippen LogP contribution < -0.4 is 0 Å². The van der Waals surface area contributed by atoms with Crippen molar-refractivity contribution in [2.45, 2.75) is 38.8 Å². The second kappa shape index (κ2) is 5.17. The molecular weight excluding hydrogens is 240 g/mol. The van der Waals surface area contributed by atoms with Gasteiger partial charge in [0.05, 0.1) is 12.5 Å². The van der Waals surface area contributed by atoms with E-state index >= 15 is 0 Å². The van der Waals surface area contributed by atoms with Crippen molar-refractivity contribution in [3.63, 3.8) is 0 Å². The first-order valence-electron chi connectivity index (χ1n) is 6.90. The normalized spacial score (nSPS) is 17.2. The third-order valence-electron chi connectivity index (χ3n) is 3.70. The number of nitrogens with zero attached hydrogens (tertiary/aromatic N) is 4. The Morgan fingerprint density at radius 3 is 2.84 bits per heavy atom. The van der Waals surface area contributed by atoms with Gasteiger partial charge in [0.2, 0.25) is 0 Å². The van der Waals surface area contributed by atoms with Gasteiger partial charge in [0.25, 0.3) is 0 Å². The number of imidazole rings is 2. The quantitative estimate of drug-likeness (QED) is 0.852. The Balaban J connectivity index is 1.97. The van der Waals surface area contributed by atoms with Gasteiger partial charge in [-0.05, 0) is 26.7 Å². The Kier molecular flexibility index (Phi) is 3.38. The molecule has 0 unspecified atom stereocenters. The molecule has 0 atom stereocenters. The van der Waals surface area contributed by atoms with Crippen LogP contribution in [0.15, 0.2) is 24.9 Å². The standard InChI is InChI=1S/C14H20N4O/c1-11(2)18-10-15-9-13(18)14-16-5-6-17(14)12-3-7-19-8-4-12/h5-6,9-12H,3-4,7-8H2,1-2H3. The smallest absolute Gasteiger partial charge is 0.158 e. The zero-order chi connectivity index (χ0) is 13.2. The van der Waals surface area contributed by atoms with E-state index in [1.165, 1.54) is 0 Å². The maximum absolute atomic E-state index is 5.44. The van der Waals surface area contributed by atoms with Crippen LogP contribution in [0.1, 0.15) is 38.8 Å². The van der Waals surface area contributed by atoms with Gasteiger partial charge in [-0.2, -0.15) is 0 Å². The lowest BCUT2D eigenvalue weighted by atomic mass is 10.1. The summed E-state index contributed by atoms with van der Waals surface area (Å²) in [7, 11) is 0. The third-order valence-corrected chi connectivity index (χ3v) is 3.70. The number of ether oxygens (including phenoxy) is 1. The van der Waals surface area contributed by atoms with Crippen molar-refractivity contribution in [3.05, 3.63) is 24.9 Å². The fraction of sp³-hybridized carbons (Fsp3) is 0.571. The minimum atomic E-state index is 0.386. The van der Waals surface area contributed by atoms with E-state index in [9.17, 15) is 0 Å². The Morgan fingerprint density at radius 2 is 2.11 bits per heavy atom. The Morgan fingerprint density at radius 1 is 1.32 bits per heavy atom. The van der Waals surface area contributed by atoms with Gasteiger partial charge in [-0.15, -0.1) is 0 Å². The van der Waals surface area contributed by atoms with E-state index in [4.69, 9.17) is 4.74 Å². The van der Waals surface area contributed by atoms with E-state index in [1.807, 2.05) is 18.7 Å². The van der Waals surface area contributed by atoms with Crippen LogP contribution in [0.3, 0.4) is 0 Å². The molecule has 1 aliphatic rings. The van der Waals surface area contributed by atoms with Crippen molar-refractivity contribution >= 4 is 0 Å². The highest BCUT2D eigenvalue weighted by Crippen LogP contribution is 2.28. The second-order valence-electron chi connectivity index (χ2n) is 5.28. The van der Waals surface area contributed by atoms with E-state index in [-0.39, 0.29) is 0 Å². The molecule has 0 N–H and O–H groups in total. The molecule has 1 saturated heterocycles. The largest absolute Gasteiger partial charge is 0.381 e. The zero-order valence-corrected chi connectivity index (χ0v) is 11.5. The summed E-state index contributed by atoms with van der Waals surface area (Å²) in [5, 5.41) is 0. The first-order valence-corrected chi connectivity index (χ1v) is 6.90. The lowest BCUT2D eigenvalue weighted by Gasteiger charge is -2.25. The maximum Gasteiger partial charge on any atom is 0.158 e. The Labute approximate surface area is 113 Å². The first-order chi connectivity index (χ1) is 9.27. The molecule has 0 amide bonds. The SMILES string of the molecule is CC(C)n1cncc1-c1nccn1C1CCOCC1. The van der Waals surface area contributed by atoms with Crippen LogP contribution in [0.5, 0.6) is 0 Å². The van der Waals surface area contributed by atoms with Crippen LogP contribution in [0.4, 0.5) is 0 Å². The molecular formula is C14H20N4O. The van der Waals surface area contributed by atoms with Crippen molar-refractivity contribution in [3.8, 4) is 11.5 Å². The van der Waals surface area contributed by atoms with Crippen molar-refractivity contribution in [1.82, 2.24) is 19.1 Å². The molecule has 5 heteroatoms. The highest BCUT2D eigenvalue weighted by molar-refractivity contribution is 5.49. The topological polar surface area (TPSA) is 44.9 Å². The molecule has 19 heavy (non-hydrogen) atoms. The molecule has 3 rings (SSSR count). The predicted octanol–water partition coefficient (Wildman–Crippen LogP) is 2.68. The fourth-order valence-electron chi connectivity index (χ4n) is 2.66. The molecule has 3 heterocycles. The number of aromatic nitrogens is 4. The summed E-state index contributed by atoms with van der Waals surface area (Å²) >= 11 is 0. The highest BCUT2D eigenvalue weighted by Gasteiger charge is 2.20. The van der Waals surface area contributed by atoms with Gasteiger partial charge < -0.3 is 13.9 Å². The van der Waals surface area contributed by atoms with Gasteiger partial charge >= 0.3 is 0 Å². The number of hydrogen-bond donors (Lipinski definition) is 0. The summed E-state index contributed by atoms with van der Waals surface area (Å²) in [5.41, 5.74) is 1.09. The van der Waals surface area contributed by atoms with Crippen LogP contribution in [0.25, 0.3) is 11.5 Å². The molecule has 0 bridgehead atoms. The molecule has 102 valence electrons. The highest BCUT2D eigenvalue weighted by atomic mass is 16.5. The molecule has 0 radical (unpaired) electrons. The van der Waals surface area contributed by atoms with Crippen LogP contribution in [0.2, 0.25) is 0 Å². The van der Waals surface area contributed by atoms with Crippen molar-refractivity contribution in [2.75, 3.05) is 13.2 Å². The minimum Gasteiger partial charge on any atom is -0.381 e. The van der Waals surface area contributed by atoms with Crippen molar-refractivity contribution < 1.29 is 4.74 Å². The van der Waals surface area contributed by atoms with Crippen molar-refractivity contribution in [1.29, 1.82) is 0 Å². The molecule has 1 fully saturated rings. The zero-order valence-electron chi connectivity index (χ0n) is 11.5. The molecule has 0 aliphatic carbocycles. The Hall–Kier alpha value is -1.62. The van der Waals surface area contributed by atoms with Gasteiger partial charge in [0.15, 0.2) is 5.82 Å². The van der Waals surface area contributed by atoms with E-state index in [2.05, 4.69) is 39.1 Å². The third kappa shape index (κ3) is 2.30.